The monoisotopic (exact) mass is 273 g/mol. The summed E-state index contributed by atoms with van der Waals surface area (Å²) < 4.78 is 12.9. The summed E-state index contributed by atoms with van der Waals surface area (Å²) in [5.41, 5.74) is 0.999. The number of nitrogens with one attached hydrogen (secondary N) is 1. The van der Waals surface area contributed by atoms with Gasteiger partial charge in [-0.2, -0.15) is 0 Å². The number of thiophene rings is 1. The molecule has 0 bridgehead atoms. The van der Waals surface area contributed by atoms with E-state index in [2.05, 4.69) is 15.3 Å². The van der Waals surface area contributed by atoms with Gasteiger partial charge in [0, 0.05) is 13.5 Å². The van der Waals surface area contributed by atoms with Crippen molar-refractivity contribution in [3.63, 3.8) is 0 Å². The number of rotatable bonds is 3. The van der Waals surface area contributed by atoms with E-state index >= 15 is 0 Å². The van der Waals surface area contributed by atoms with Gasteiger partial charge in [-0.05, 0) is 29.1 Å². The van der Waals surface area contributed by atoms with Gasteiger partial charge in [0.1, 0.15) is 22.3 Å². The summed E-state index contributed by atoms with van der Waals surface area (Å²) in [6.45, 7) is 0. The van der Waals surface area contributed by atoms with Crippen molar-refractivity contribution in [2.24, 2.45) is 0 Å². The average molecular weight is 273 g/mol. The van der Waals surface area contributed by atoms with Crippen LogP contribution in [0.5, 0.6) is 0 Å². The van der Waals surface area contributed by atoms with E-state index < -0.39 is 0 Å². The van der Waals surface area contributed by atoms with E-state index in [1.165, 1.54) is 12.1 Å². The summed E-state index contributed by atoms with van der Waals surface area (Å²) >= 11 is 1.59. The third-order valence-corrected chi connectivity index (χ3v) is 3.69. The second-order valence-electron chi connectivity index (χ2n) is 4.18. The zero-order valence-corrected chi connectivity index (χ0v) is 11.2. The van der Waals surface area contributed by atoms with Crippen molar-refractivity contribution < 1.29 is 4.39 Å². The van der Waals surface area contributed by atoms with E-state index in [4.69, 9.17) is 0 Å². The highest BCUT2D eigenvalue weighted by molar-refractivity contribution is 7.16. The lowest BCUT2D eigenvalue weighted by molar-refractivity contribution is 0.627. The van der Waals surface area contributed by atoms with Crippen LogP contribution in [-0.4, -0.2) is 17.0 Å². The highest BCUT2D eigenvalue weighted by atomic mass is 32.1. The molecule has 0 saturated heterocycles. The van der Waals surface area contributed by atoms with Crippen molar-refractivity contribution in [1.82, 2.24) is 9.97 Å². The van der Waals surface area contributed by atoms with E-state index in [1.807, 2.05) is 18.5 Å². The van der Waals surface area contributed by atoms with Crippen molar-refractivity contribution in [3.05, 3.63) is 52.9 Å². The number of halogens is 1. The summed E-state index contributed by atoms with van der Waals surface area (Å²) in [5.74, 6) is 1.35. The molecule has 3 nitrogen and oxygen atoms in total. The van der Waals surface area contributed by atoms with E-state index in [0.29, 0.717) is 6.42 Å². The molecule has 96 valence electrons. The van der Waals surface area contributed by atoms with Crippen LogP contribution in [0.2, 0.25) is 0 Å². The van der Waals surface area contributed by atoms with Gasteiger partial charge in [0.25, 0.3) is 0 Å². The maximum absolute atomic E-state index is 12.9. The Hall–Kier alpha value is -2.01. The summed E-state index contributed by atoms with van der Waals surface area (Å²) in [6, 6.07) is 8.44. The second-order valence-corrected chi connectivity index (χ2v) is 5.08. The van der Waals surface area contributed by atoms with E-state index in [-0.39, 0.29) is 5.82 Å². The first-order valence-electron chi connectivity index (χ1n) is 5.92. The number of anilines is 1. The van der Waals surface area contributed by atoms with Crippen molar-refractivity contribution in [2.75, 3.05) is 12.4 Å². The number of aromatic nitrogens is 2. The van der Waals surface area contributed by atoms with Crippen molar-refractivity contribution in [1.29, 1.82) is 0 Å². The molecule has 1 N–H and O–H groups in total. The van der Waals surface area contributed by atoms with Crippen molar-refractivity contribution >= 4 is 27.4 Å². The third kappa shape index (κ3) is 2.42. The Bertz CT molecular complexity index is 706. The predicted octanol–water partition coefficient (Wildman–Crippen LogP) is 3.46. The lowest BCUT2D eigenvalue weighted by Gasteiger charge is -2.05. The predicted molar refractivity (Wildman–Crippen MR) is 76.2 cm³/mol. The maximum atomic E-state index is 12.9. The van der Waals surface area contributed by atoms with Crippen LogP contribution < -0.4 is 5.32 Å². The number of fused-ring (bicyclic) bond motifs is 1. The van der Waals surface area contributed by atoms with Crippen LogP contribution in [0.25, 0.3) is 10.2 Å². The molecule has 1 aromatic carbocycles. The van der Waals surface area contributed by atoms with Crippen LogP contribution >= 0.6 is 11.3 Å². The van der Waals surface area contributed by atoms with Crippen molar-refractivity contribution in [3.8, 4) is 0 Å². The maximum Gasteiger partial charge on any atom is 0.138 e. The van der Waals surface area contributed by atoms with Crippen LogP contribution in [0, 0.1) is 5.82 Å². The van der Waals surface area contributed by atoms with Gasteiger partial charge >= 0.3 is 0 Å². The molecule has 0 aliphatic rings. The van der Waals surface area contributed by atoms with Gasteiger partial charge in [-0.25, -0.2) is 14.4 Å². The van der Waals surface area contributed by atoms with Crippen molar-refractivity contribution in [2.45, 2.75) is 6.42 Å². The minimum absolute atomic E-state index is 0.228. The number of benzene rings is 1. The molecule has 3 rings (SSSR count). The van der Waals surface area contributed by atoms with Gasteiger partial charge in [-0.3, -0.25) is 0 Å². The lowest BCUT2D eigenvalue weighted by atomic mass is 10.1. The molecule has 0 unspecified atom stereocenters. The van der Waals surface area contributed by atoms with Gasteiger partial charge in [-0.15, -0.1) is 11.3 Å². The summed E-state index contributed by atoms with van der Waals surface area (Å²) in [7, 11) is 1.85. The van der Waals surface area contributed by atoms with E-state index in [9.17, 15) is 4.39 Å². The van der Waals surface area contributed by atoms with Crippen LogP contribution in [0.4, 0.5) is 10.2 Å². The lowest BCUT2D eigenvalue weighted by Crippen LogP contribution is -2.01. The fourth-order valence-corrected chi connectivity index (χ4v) is 2.74. The summed E-state index contributed by atoms with van der Waals surface area (Å²) in [5, 5.41) is 6.13. The molecule has 0 aliphatic carbocycles. The first-order valence-corrected chi connectivity index (χ1v) is 6.80. The number of nitrogens with zero attached hydrogens (tertiary/aromatic N) is 2. The molecular weight excluding hydrogens is 261 g/mol. The molecule has 0 aliphatic heterocycles. The molecule has 0 saturated carbocycles. The molecule has 2 aromatic heterocycles. The topological polar surface area (TPSA) is 37.8 Å². The van der Waals surface area contributed by atoms with E-state index in [0.717, 1.165) is 27.4 Å². The number of hydrogen-bond acceptors (Lipinski definition) is 4. The molecular formula is C14H12FN3S. The minimum atomic E-state index is -0.228. The van der Waals surface area contributed by atoms with Crippen LogP contribution in [0.3, 0.4) is 0 Å². The first kappa shape index (κ1) is 12.0. The third-order valence-electron chi connectivity index (χ3n) is 2.88. The molecule has 0 amide bonds. The van der Waals surface area contributed by atoms with E-state index in [1.54, 1.807) is 23.5 Å². The Morgan fingerprint density at radius 2 is 1.95 bits per heavy atom. The normalized spacial score (nSPS) is 10.8. The van der Waals surface area contributed by atoms with Gasteiger partial charge in [0.2, 0.25) is 0 Å². The zero-order chi connectivity index (χ0) is 13.2. The van der Waals surface area contributed by atoms with Gasteiger partial charge in [0.15, 0.2) is 0 Å². The summed E-state index contributed by atoms with van der Waals surface area (Å²) in [6.07, 6.45) is 0.600. The van der Waals surface area contributed by atoms with Gasteiger partial charge in [-0.1, -0.05) is 12.1 Å². The Morgan fingerprint density at radius 3 is 2.68 bits per heavy atom. The molecule has 0 fully saturated rings. The molecule has 3 aromatic rings. The zero-order valence-electron chi connectivity index (χ0n) is 10.4. The molecule has 0 atom stereocenters. The minimum Gasteiger partial charge on any atom is -0.372 e. The van der Waals surface area contributed by atoms with Gasteiger partial charge < -0.3 is 5.32 Å². The summed E-state index contributed by atoms with van der Waals surface area (Å²) in [4.78, 5) is 10.0. The number of hydrogen-bond donors (Lipinski definition) is 1. The molecule has 2 heterocycles. The largest absolute Gasteiger partial charge is 0.372 e. The molecule has 0 spiro atoms. The fourth-order valence-electron chi connectivity index (χ4n) is 1.95. The van der Waals surface area contributed by atoms with Crippen LogP contribution in [-0.2, 0) is 6.42 Å². The molecule has 19 heavy (non-hydrogen) atoms. The Morgan fingerprint density at radius 1 is 1.16 bits per heavy atom. The van der Waals surface area contributed by atoms with Crippen LogP contribution in [0.15, 0.2) is 35.7 Å². The SMILES string of the molecule is CNc1nc(Cc2ccc(F)cc2)nc2sccc12. The van der Waals surface area contributed by atoms with Gasteiger partial charge in [0.05, 0.1) is 5.39 Å². The molecule has 5 heteroatoms. The first-order chi connectivity index (χ1) is 9.26. The Labute approximate surface area is 114 Å². The Kier molecular flexibility index (Phi) is 3.13. The Balaban J connectivity index is 1.98. The fraction of sp³-hybridized carbons (Fsp3) is 0.143. The second kappa shape index (κ2) is 4.93. The average Bonchev–Trinajstić information content (AvgIpc) is 2.89. The quantitative estimate of drug-likeness (QED) is 0.794. The smallest absolute Gasteiger partial charge is 0.138 e. The van der Waals surface area contributed by atoms with Crippen LogP contribution in [0.1, 0.15) is 11.4 Å². The highest BCUT2D eigenvalue weighted by Crippen LogP contribution is 2.25. The molecule has 0 radical (unpaired) electrons. The standard InChI is InChI=1S/C14H12FN3S/c1-16-13-11-6-7-19-14(11)18-12(17-13)8-9-2-4-10(15)5-3-9/h2-7H,8H2,1H3,(H,16,17,18). The highest BCUT2D eigenvalue weighted by Gasteiger charge is 2.08.